The molecule has 1 aliphatic heterocycles. The molecule has 2 heterocycles. The lowest BCUT2D eigenvalue weighted by Crippen LogP contribution is -2.43. The highest BCUT2D eigenvalue weighted by Gasteiger charge is 2.47. The minimum atomic E-state index is -0.996. The third-order valence-corrected chi connectivity index (χ3v) is 6.66. The summed E-state index contributed by atoms with van der Waals surface area (Å²) in [5.74, 6) is -0.540. The second-order valence-corrected chi connectivity index (χ2v) is 8.31. The molecule has 0 radical (unpaired) electrons. The predicted octanol–water partition coefficient (Wildman–Crippen LogP) is 2.47. The molecular formula is C19H26N2O4S. The second-order valence-electron chi connectivity index (χ2n) is 7.37. The summed E-state index contributed by atoms with van der Waals surface area (Å²) in [5.41, 5.74) is 1.28. The second kappa shape index (κ2) is 7.78. The van der Waals surface area contributed by atoms with Crippen LogP contribution >= 0.6 is 11.3 Å². The number of hydrogen-bond donors (Lipinski definition) is 1. The minimum Gasteiger partial charge on any atom is -0.480 e. The number of carboxylic acid groups (broad SMARTS) is 1. The Hall–Kier alpha value is -1.89. The number of rotatable bonds is 5. The van der Waals surface area contributed by atoms with Crippen LogP contribution in [0.5, 0.6) is 0 Å². The van der Waals surface area contributed by atoms with Crippen LogP contribution in [0.4, 0.5) is 0 Å². The summed E-state index contributed by atoms with van der Waals surface area (Å²) in [6.45, 7) is 4.53. The molecule has 2 amide bonds. The van der Waals surface area contributed by atoms with Crippen LogP contribution in [0.1, 0.15) is 49.0 Å². The number of carbonyl (C=O) groups is 3. The van der Waals surface area contributed by atoms with Gasteiger partial charge in [-0.05, 0) is 49.6 Å². The first kappa shape index (κ1) is 18.9. The number of aliphatic carboxylic acids is 1. The van der Waals surface area contributed by atoms with Gasteiger partial charge in [-0.25, -0.2) is 0 Å². The van der Waals surface area contributed by atoms with Crippen molar-refractivity contribution in [3.05, 3.63) is 21.9 Å². The maximum atomic E-state index is 12.9. The van der Waals surface area contributed by atoms with Gasteiger partial charge in [0.1, 0.15) is 6.54 Å². The van der Waals surface area contributed by atoms with E-state index in [1.807, 2.05) is 4.90 Å². The number of carbonyl (C=O) groups excluding carboxylic acids is 2. The lowest BCUT2D eigenvalue weighted by atomic mass is 10.1. The lowest BCUT2D eigenvalue weighted by molar-refractivity contribution is -0.145. The van der Waals surface area contributed by atoms with Gasteiger partial charge in [0.15, 0.2) is 0 Å². The fraction of sp³-hybridized carbons (Fsp3) is 0.632. The van der Waals surface area contributed by atoms with E-state index < -0.39 is 5.97 Å². The zero-order valence-corrected chi connectivity index (χ0v) is 16.1. The fourth-order valence-corrected chi connectivity index (χ4v) is 5.12. The summed E-state index contributed by atoms with van der Waals surface area (Å²) in [6, 6.07) is 2.01. The van der Waals surface area contributed by atoms with Crippen LogP contribution in [-0.4, -0.2) is 58.4 Å². The SMILES string of the molecule is CC(=O)N(CC(=O)O)C1CCCN(C(=O)C2CC2c2sccc2C)CC1. The third-order valence-electron chi connectivity index (χ3n) is 5.51. The number of carboxylic acids is 1. The zero-order chi connectivity index (χ0) is 18.8. The van der Waals surface area contributed by atoms with Crippen LogP contribution in [0.2, 0.25) is 0 Å². The van der Waals surface area contributed by atoms with Crippen LogP contribution in [-0.2, 0) is 14.4 Å². The molecule has 1 aromatic heterocycles. The van der Waals surface area contributed by atoms with Crippen LogP contribution in [0.25, 0.3) is 0 Å². The van der Waals surface area contributed by atoms with Gasteiger partial charge in [0.25, 0.3) is 0 Å². The quantitative estimate of drug-likeness (QED) is 0.854. The van der Waals surface area contributed by atoms with Crippen molar-refractivity contribution < 1.29 is 19.5 Å². The van der Waals surface area contributed by atoms with Gasteiger partial charge in [0.05, 0.1) is 0 Å². The highest BCUT2D eigenvalue weighted by atomic mass is 32.1. The standard InChI is InChI=1S/C19H26N2O4S/c1-12-6-9-26-18(12)15-10-16(15)19(25)20-7-3-4-14(5-8-20)21(13(2)22)11-17(23)24/h6,9,14-16H,3-5,7-8,10-11H2,1-2H3,(H,23,24). The van der Waals surface area contributed by atoms with Gasteiger partial charge in [-0.3, -0.25) is 14.4 Å². The van der Waals surface area contributed by atoms with E-state index in [1.165, 1.54) is 22.3 Å². The number of nitrogens with zero attached hydrogens (tertiary/aromatic N) is 2. The van der Waals surface area contributed by atoms with E-state index in [-0.39, 0.29) is 30.3 Å². The Kier molecular flexibility index (Phi) is 5.65. The summed E-state index contributed by atoms with van der Waals surface area (Å²) in [5, 5.41) is 11.1. The summed E-state index contributed by atoms with van der Waals surface area (Å²) < 4.78 is 0. The van der Waals surface area contributed by atoms with Crippen molar-refractivity contribution in [2.75, 3.05) is 19.6 Å². The molecule has 0 spiro atoms. The van der Waals surface area contributed by atoms with E-state index in [9.17, 15) is 14.4 Å². The van der Waals surface area contributed by atoms with E-state index >= 15 is 0 Å². The molecule has 0 bridgehead atoms. The number of thiophene rings is 1. The molecule has 0 aromatic carbocycles. The molecule has 1 N–H and O–H groups in total. The Labute approximate surface area is 157 Å². The van der Waals surface area contributed by atoms with Gasteiger partial charge in [0, 0.05) is 42.8 Å². The van der Waals surface area contributed by atoms with Crippen molar-refractivity contribution in [3.63, 3.8) is 0 Å². The first-order chi connectivity index (χ1) is 12.4. The maximum absolute atomic E-state index is 12.9. The molecule has 2 aliphatic rings. The van der Waals surface area contributed by atoms with Crippen molar-refractivity contribution in [2.24, 2.45) is 5.92 Å². The van der Waals surface area contributed by atoms with Crippen LogP contribution in [0.3, 0.4) is 0 Å². The van der Waals surface area contributed by atoms with Crippen molar-refractivity contribution in [3.8, 4) is 0 Å². The van der Waals surface area contributed by atoms with E-state index in [0.29, 0.717) is 25.4 Å². The van der Waals surface area contributed by atoms with E-state index in [4.69, 9.17) is 5.11 Å². The van der Waals surface area contributed by atoms with Gasteiger partial charge in [-0.2, -0.15) is 0 Å². The van der Waals surface area contributed by atoms with E-state index in [2.05, 4.69) is 18.4 Å². The highest BCUT2D eigenvalue weighted by Crippen LogP contribution is 2.51. The predicted molar refractivity (Wildman–Crippen MR) is 99.1 cm³/mol. The molecule has 1 saturated heterocycles. The minimum absolute atomic E-state index is 0.0897. The van der Waals surface area contributed by atoms with E-state index in [0.717, 1.165) is 19.3 Å². The molecule has 142 valence electrons. The van der Waals surface area contributed by atoms with Gasteiger partial charge in [0.2, 0.25) is 11.8 Å². The monoisotopic (exact) mass is 378 g/mol. The number of likely N-dealkylation sites (tertiary alicyclic amines) is 1. The Morgan fingerprint density at radius 2 is 2.08 bits per heavy atom. The molecule has 3 rings (SSSR count). The van der Waals surface area contributed by atoms with Gasteiger partial charge < -0.3 is 14.9 Å². The number of aryl methyl sites for hydroxylation is 1. The lowest BCUT2D eigenvalue weighted by Gasteiger charge is -2.29. The highest BCUT2D eigenvalue weighted by molar-refractivity contribution is 7.10. The number of hydrogen-bond acceptors (Lipinski definition) is 4. The van der Waals surface area contributed by atoms with Crippen LogP contribution < -0.4 is 0 Å². The average molecular weight is 378 g/mol. The molecular weight excluding hydrogens is 352 g/mol. The first-order valence-electron chi connectivity index (χ1n) is 9.20. The van der Waals surface area contributed by atoms with Gasteiger partial charge >= 0.3 is 5.97 Å². The topological polar surface area (TPSA) is 77.9 Å². The molecule has 1 saturated carbocycles. The largest absolute Gasteiger partial charge is 0.480 e. The van der Waals surface area contributed by atoms with Crippen molar-refractivity contribution in [1.82, 2.24) is 9.80 Å². The van der Waals surface area contributed by atoms with Crippen molar-refractivity contribution in [2.45, 2.75) is 51.5 Å². The summed E-state index contributed by atoms with van der Waals surface area (Å²) in [7, 11) is 0. The summed E-state index contributed by atoms with van der Waals surface area (Å²) >= 11 is 1.73. The average Bonchev–Trinajstić information content (AvgIpc) is 3.31. The normalized spacial score (nSPS) is 25.5. The zero-order valence-electron chi connectivity index (χ0n) is 15.3. The first-order valence-corrected chi connectivity index (χ1v) is 10.1. The van der Waals surface area contributed by atoms with Crippen molar-refractivity contribution in [1.29, 1.82) is 0 Å². The number of amides is 2. The van der Waals surface area contributed by atoms with E-state index in [1.54, 1.807) is 11.3 Å². The molecule has 1 aliphatic carbocycles. The Morgan fingerprint density at radius 1 is 1.31 bits per heavy atom. The molecule has 3 unspecified atom stereocenters. The Balaban J connectivity index is 1.58. The molecule has 7 heteroatoms. The summed E-state index contributed by atoms with van der Waals surface area (Å²) in [6.07, 6.45) is 3.12. The summed E-state index contributed by atoms with van der Waals surface area (Å²) in [4.78, 5) is 40.4. The third kappa shape index (κ3) is 4.09. The van der Waals surface area contributed by atoms with Crippen LogP contribution in [0.15, 0.2) is 11.4 Å². The molecule has 26 heavy (non-hydrogen) atoms. The van der Waals surface area contributed by atoms with Crippen LogP contribution in [0, 0.1) is 12.8 Å². The smallest absolute Gasteiger partial charge is 0.323 e. The van der Waals surface area contributed by atoms with Gasteiger partial charge in [-0.1, -0.05) is 0 Å². The molecule has 6 nitrogen and oxygen atoms in total. The Morgan fingerprint density at radius 3 is 2.69 bits per heavy atom. The molecule has 1 aromatic rings. The maximum Gasteiger partial charge on any atom is 0.323 e. The fourth-order valence-electron chi connectivity index (χ4n) is 4.01. The molecule has 3 atom stereocenters. The Bertz CT molecular complexity index is 701. The van der Waals surface area contributed by atoms with Gasteiger partial charge in [-0.15, -0.1) is 11.3 Å². The molecule has 2 fully saturated rings. The van der Waals surface area contributed by atoms with Crippen molar-refractivity contribution >= 4 is 29.1 Å².